The molecule has 10 nitrogen and oxygen atoms in total. The lowest BCUT2D eigenvalue weighted by Crippen LogP contribution is -2.26. The number of rotatable bonds is 11. The molecule has 234 valence electrons. The summed E-state index contributed by atoms with van der Waals surface area (Å²) in [5.74, 6) is 0.267. The largest absolute Gasteiger partial charge is 0.479 e. The third-order valence-electron chi connectivity index (χ3n) is 5.23. The Morgan fingerprint density at radius 2 is 1.20 bits per heavy atom. The number of hydrogen-bond acceptors (Lipinski definition) is 9. The average Bonchev–Trinajstić information content (AvgIpc) is 3.00. The molecule has 1 N–H and O–H groups in total. The van der Waals surface area contributed by atoms with Gasteiger partial charge in [-0.25, -0.2) is 28.3 Å². The molecule has 0 spiro atoms. The van der Waals surface area contributed by atoms with E-state index in [9.17, 15) is 18.4 Å². The zero-order chi connectivity index (χ0) is 32.9. The minimum absolute atomic E-state index is 0.112. The second kappa shape index (κ2) is 16.7. The van der Waals surface area contributed by atoms with E-state index in [1.807, 2.05) is 0 Å². The summed E-state index contributed by atoms with van der Waals surface area (Å²) in [5.41, 5.74) is 0. The van der Waals surface area contributed by atoms with Crippen molar-refractivity contribution in [3.8, 4) is 47.1 Å². The van der Waals surface area contributed by atoms with E-state index in [-0.39, 0.29) is 28.4 Å². The maximum absolute atomic E-state index is 13.6. The number of hydrogen-bond donors (Lipinski definition) is 1. The van der Waals surface area contributed by atoms with Crippen molar-refractivity contribution in [2.24, 2.45) is 0 Å². The summed E-state index contributed by atoms with van der Waals surface area (Å²) in [4.78, 5) is 29.7. The molecule has 0 fully saturated rings. The van der Waals surface area contributed by atoms with E-state index in [4.69, 9.17) is 58.4 Å². The lowest BCUT2D eigenvalue weighted by molar-refractivity contribution is -0.149. The van der Waals surface area contributed by atoms with Gasteiger partial charge in [-0.05, 0) is 74.5 Å². The zero-order valence-electron chi connectivity index (χ0n) is 23.6. The van der Waals surface area contributed by atoms with E-state index < -0.39 is 35.8 Å². The lowest BCUT2D eigenvalue weighted by Gasteiger charge is -2.13. The SMILES string of the molecule is C#CCOC(=O)[C@@H](C)Oc1ccc(Oc2ncc(Cl)cc2F)cc1.C[C@@H](Oc1ccc(Oc2ncc(Cl)cc2F)cc1)C(=O)O. The van der Waals surface area contributed by atoms with Gasteiger partial charge in [-0.2, -0.15) is 0 Å². The number of esters is 1. The first-order valence-electron chi connectivity index (χ1n) is 12.8. The average molecular weight is 661 g/mol. The molecule has 14 heteroatoms. The fourth-order valence-corrected chi connectivity index (χ4v) is 3.38. The minimum Gasteiger partial charge on any atom is -0.479 e. The second-order valence-corrected chi connectivity index (χ2v) is 9.57. The van der Waals surface area contributed by atoms with Crippen LogP contribution in [0.5, 0.6) is 34.8 Å². The summed E-state index contributed by atoms with van der Waals surface area (Å²) in [6, 6.07) is 14.5. The summed E-state index contributed by atoms with van der Waals surface area (Å²) in [6.45, 7) is 2.84. The fraction of sp³-hybridized carbons (Fsp3) is 0.161. The predicted molar refractivity (Wildman–Crippen MR) is 159 cm³/mol. The quantitative estimate of drug-likeness (QED) is 0.131. The van der Waals surface area contributed by atoms with Crippen molar-refractivity contribution in [3.63, 3.8) is 0 Å². The van der Waals surface area contributed by atoms with Gasteiger partial charge in [-0.1, -0.05) is 29.1 Å². The third-order valence-corrected chi connectivity index (χ3v) is 5.64. The van der Waals surface area contributed by atoms with Crippen LogP contribution in [0.2, 0.25) is 10.0 Å². The molecule has 0 aliphatic heterocycles. The molecule has 0 amide bonds. The van der Waals surface area contributed by atoms with Crippen LogP contribution in [0.1, 0.15) is 13.8 Å². The number of ether oxygens (including phenoxy) is 5. The molecular weight excluding hydrogens is 637 g/mol. The number of halogens is 4. The number of carbonyl (C=O) groups excluding carboxylic acids is 1. The van der Waals surface area contributed by atoms with Crippen LogP contribution in [-0.4, -0.2) is 45.8 Å². The van der Waals surface area contributed by atoms with Crippen LogP contribution in [0.25, 0.3) is 0 Å². The molecule has 0 bridgehead atoms. The van der Waals surface area contributed by atoms with E-state index in [1.165, 1.54) is 50.5 Å². The molecule has 4 rings (SSSR count). The number of benzene rings is 2. The van der Waals surface area contributed by atoms with Crippen LogP contribution in [0.4, 0.5) is 8.78 Å². The highest BCUT2D eigenvalue weighted by molar-refractivity contribution is 6.30. The Morgan fingerprint density at radius 3 is 1.58 bits per heavy atom. The van der Waals surface area contributed by atoms with Crippen LogP contribution in [-0.2, 0) is 14.3 Å². The molecule has 0 saturated heterocycles. The summed E-state index contributed by atoms with van der Waals surface area (Å²) in [5, 5.41) is 9.08. The van der Waals surface area contributed by atoms with Crippen molar-refractivity contribution < 1.29 is 47.2 Å². The van der Waals surface area contributed by atoms with Gasteiger partial charge in [0.15, 0.2) is 30.4 Å². The standard InChI is InChI=1S/C17H13ClFNO4.C14H11ClFNO4/c1-3-8-22-17(21)11(2)23-13-4-6-14(7-5-13)24-16-15(19)9-12(18)10-20-16;1-8(14(18)19)20-10-2-4-11(5-3-10)21-13-12(16)6-9(15)7-17-13/h1,4-7,9-11H,8H2,2H3;2-8H,1H3,(H,18,19)/t11-;8-/m11/s1. The van der Waals surface area contributed by atoms with E-state index in [0.717, 1.165) is 12.1 Å². The Labute approximate surface area is 266 Å². The van der Waals surface area contributed by atoms with Gasteiger partial charge in [0.2, 0.25) is 0 Å². The number of carboxylic acids is 1. The molecule has 2 aromatic carbocycles. The number of aliphatic carboxylic acids is 1. The molecule has 0 unspecified atom stereocenters. The Hall–Kier alpha value is -5.12. The first-order chi connectivity index (χ1) is 21.4. The molecular formula is C31H24Cl2F2N2O8. The number of carbonyl (C=O) groups is 2. The summed E-state index contributed by atoms with van der Waals surface area (Å²) in [6.07, 6.45) is 5.77. The minimum atomic E-state index is -1.07. The number of pyridine rings is 2. The van der Waals surface area contributed by atoms with Crippen molar-refractivity contribution >= 4 is 35.1 Å². The molecule has 2 aromatic heterocycles. The molecule has 0 aliphatic rings. The number of aromatic nitrogens is 2. The topological polar surface area (TPSA) is 126 Å². The van der Waals surface area contributed by atoms with Crippen LogP contribution < -0.4 is 18.9 Å². The van der Waals surface area contributed by atoms with E-state index >= 15 is 0 Å². The van der Waals surface area contributed by atoms with Crippen molar-refractivity contribution in [1.82, 2.24) is 9.97 Å². The molecule has 0 aliphatic carbocycles. The van der Waals surface area contributed by atoms with Crippen molar-refractivity contribution in [3.05, 3.63) is 94.7 Å². The predicted octanol–water partition coefficient (Wildman–Crippen LogP) is 7.13. The van der Waals surface area contributed by atoms with Crippen molar-refractivity contribution in [2.45, 2.75) is 26.1 Å². The number of terminal acetylenes is 1. The smallest absolute Gasteiger partial charge is 0.347 e. The number of nitrogens with zero attached hydrogens (tertiary/aromatic N) is 2. The Morgan fingerprint density at radius 1 is 0.800 bits per heavy atom. The monoisotopic (exact) mass is 660 g/mol. The van der Waals surface area contributed by atoms with Crippen LogP contribution in [0, 0.1) is 24.0 Å². The third kappa shape index (κ3) is 11.1. The fourth-order valence-electron chi connectivity index (χ4n) is 3.09. The van der Waals surface area contributed by atoms with Crippen molar-refractivity contribution in [2.75, 3.05) is 6.61 Å². The summed E-state index contributed by atoms with van der Waals surface area (Å²) in [7, 11) is 0. The van der Waals surface area contributed by atoms with Gasteiger partial charge in [0.05, 0.1) is 10.0 Å². The van der Waals surface area contributed by atoms with Crippen LogP contribution >= 0.6 is 23.2 Å². The second-order valence-electron chi connectivity index (χ2n) is 8.70. The van der Waals surface area contributed by atoms with Gasteiger partial charge in [0, 0.05) is 12.4 Å². The Kier molecular flexibility index (Phi) is 12.7. The first-order valence-corrected chi connectivity index (χ1v) is 13.5. The summed E-state index contributed by atoms with van der Waals surface area (Å²) >= 11 is 11.2. The molecule has 2 atom stereocenters. The van der Waals surface area contributed by atoms with Gasteiger partial charge in [0.25, 0.3) is 11.8 Å². The highest BCUT2D eigenvalue weighted by Gasteiger charge is 2.16. The van der Waals surface area contributed by atoms with Gasteiger partial charge >= 0.3 is 11.9 Å². The summed E-state index contributed by atoms with van der Waals surface area (Å²) < 4.78 is 53.0. The van der Waals surface area contributed by atoms with E-state index in [0.29, 0.717) is 23.0 Å². The molecule has 2 heterocycles. The molecule has 0 saturated carbocycles. The Bertz CT molecular complexity index is 1650. The molecule has 45 heavy (non-hydrogen) atoms. The van der Waals surface area contributed by atoms with E-state index in [1.54, 1.807) is 24.3 Å². The Balaban J connectivity index is 0.000000248. The van der Waals surface area contributed by atoms with Crippen LogP contribution in [0.3, 0.4) is 0 Å². The van der Waals surface area contributed by atoms with Gasteiger partial charge < -0.3 is 28.8 Å². The molecule has 4 aromatic rings. The maximum Gasteiger partial charge on any atom is 0.347 e. The zero-order valence-corrected chi connectivity index (χ0v) is 25.1. The highest BCUT2D eigenvalue weighted by atomic mass is 35.5. The lowest BCUT2D eigenvalue weighted by atomic mass is 10.3. The van der Waals surface area contributed by atoms with Gasteiger partial charge in [-0.3, -0.25) is 0 Å². The van der Waals surface area contributed by atoms with Gasteiger partial charge in [-0.15, -0.1) is 6.42 Å². The highest BCUT2D eigenvalue weighted by Crippen LogP contribution is 2.27. The van der Waals surface area contributed by atoms with Gasteiger partial charge in [0.1, 0.15) is 23.0 Å². The van der Waals surface area contributed by atoms with Crippen molar-refractivity contribution in [1.29, 1.82) is 0 Å². The molecule has 0 radical (unpaired) electrons. The van der Waals surface area contributed by atoms with Crippen LogP contribution in [0.15, 0.2) is 73.1 Å². The van der Waals surface area contributed by atoms with E-state index in [2.05, 4.69) is 15.9 Å². The first kappa shape index (κ1) is 34.4. The number of carboxylic acid groups (broad SMARTS) is 1. The maximum atomic E-state index is 13.6. The normalized spacial score (nSPS) is 11.5.